The number of benzene rings is 3. The number of hydrogen-bond acceptors (Lipinski definition) is 6. The number of rotatable bonds is 6. The van der Waals surface area contributed by atoms with E-state index in [1.165, 1.54) is 45.3 Å². The molecule has 7 rings (SSSR count). The number of nitrogens with one attached hydrogen (secondary N) is 1. The molecule has 6 heteroatoms. The molecule has 3 aliphatic rings. The molecule has 2 fully saturated rings. The molecule has 0 saturated carbocycles. The van der Waals surface area contributed by atoms with Crippen LogP contribution < -0.4 is 10.2 Å². The fourth-order valence-corrected chi connectivity index (χ4v) is 7.04. The maximum absolute atomic E-state index is 12.4. The molecule has 6 nitrogen and oxygen atoms in total. The molecule has 0 bridgehead atoms. The van der Waals surface area contributed by atoms with Crippen molar-refractivity contribution < 1.29 is 4.79 Å². The Morgan fingerprint density at radius 2 is 1.56 bits per heavy atom. The van der Waals surface area contributed by atoms with E-state index in [9.17, 15) is 4.79 Å². The molecule has 4 aromatic rings. The van der Waals surface area contributed by atoms with Crippen LogP contribution in [-0.4, -0.2) is 66.5 Å². The van der Waals surface area contributed by atoms with Gasteiger partial charge in [0.05, 0.1) is 17.3 Å². The van der Waals surface area contributed by atoms with Gasteiger partial charge in [0.15, 0.2) is 0 Å². The lowest BCUT2D eigenvalue weighted by atomic mass is 9.90. The summed E-state index contributed by atoms with van der Waals surface area (Å²) in [5, 5.41) is 4.64. The van der Waals surface area contributed by atoms with Gasteiger partial charge in [-0.25, -0.2) is 9.97 Å². The first kappa shape index (κ1) is 24.4. The number of piperazine rings is 1. The number of carbonyl (C=O) groups excluding carboxylic acids is 1. The number of anilines is 1. The topological polar surface area (TPSA) is 61.4 Å². The van der Waals surface area contributed by atoms with Gasteiger partial charge in [-0.05, 0) is 72.8 Å². The normalized spacial score (nSPS) is 19.1. The van der Waals surface area contributed by atoms with Gasteiger partial charge in [0.1, 0.15) is 12.6 Å². The number of aromatic nitrogens is 2. The highest BCUT2D eigenvalue weighted by Crippen LogP contribution is 2.46. The van der Waals surface area contributed by atoms with Gasteiger partial charge < -0.3 is 15.0 Å². The molecule has 1 N–H and O–H groups in total. The molecule has 2 aliphatic heterocycles. The Kier molecular flexibility index (Phi) is 6.59. The summed E-state index contributed by atoms with van der Waals surface area (Å²) in [5.41, 5.74) is 8.77. The molecule has 1 unspecified atom stereocenters. The predicted octanol–water partition coefficient (Wildman–Crippen LogP) is 4.99. The second-order valence-electron chi connectivity index (χ2n) is 11.2. The van der Waals surface area contributed by atoms with Crippen molar-refractivity contribution in [1.82, 2.24) is 20.2 Å². The van der Waals surface area contributed by atoms with Crippen LogP contribution in [0.5, 0.6) is 0 Å². The Morgan fingerprint density at radius 3 is 2.26 bits per heavy atom. The third-order valence-corrected chi connectivity index (χ3v) is 9.12. The van der Waals surface area contributed by atoms with Crippen LogP contribution in [0.1, 0.15) is 47.9 Å². The number of aldehydes is 1. The molecule has 0 amide bonds. The molecule has 3 aromatic carbocycles. The summed E-state index contributed by atoms with van der Waals surface area (Å²) in [4.78, 5) is 26.5. The number of fused-ring (bicyclic) bond motifs is 4. The van der Waals surface area contributed by atoms with Crippen LogP contribution >= 0.6 is 0 Å². The van der Waals surface area contributed by atoms with Crippen LogP contribution in [0.3, 0.4) is 0 Å². The van der Waals surface area contributed by atoms with E-state index in [4.69, 9.17) is 0 Å². The quantitative estimate of drug-likeness (QED) is 0.364. The Hall–Kier alpha value is -3.61. The molecule has 0 radical (unpaired) electrons. The summed E-state index contributed by atoms with van der Waals surface area (Å²) in [6, 6.07) is 24.0. The molecule has 198 valence electrons. The van der Waals surface area contributed by atoms with Crippen molar-refractivity contribution in [3.8, 4) is 11.1 Å². The van der Waals surface area contributed by atoms with Crippen molar-refractivity contribution in [2.45, 2.75) is 37.1 Å². The van der Waals surface area contributed by atoms with Crippen LogP contribution in [-0.2, 0) is 4.79 Å². The van der Waals surface area contributed by atoms with Crippen molar-refractivity contribution in [3.63, 3.8) is 0 Å². The van der Waals surface area contributed by atoms with E-state index >= 15 is 0 Å². The number of piperidine rings is 1. The van der Waals surface area contributed by atoms with Crippen molar-refractivity contribution in [1.29, 1.82) is 0 Å². The highest BCUT2D eigenvalue weighted by atomic mass is 16.1. The molecular weight excluding hydrogens is 482 g/mol. The van der Waals surface area contributed by atoms with Gasteiger partial charge in [0.25, 0.3) is 0 Å². The van der Waals surface area contributed by atoms with Crippen LogP contribution in [0.4, 0.5) is 5.69 Å². The van der Waals surface area contributed by atoms with Crippen LogP contribution in [0.2, 0.25) is 0 Å². The van der Waals surface area contributed by atoms with Gasteiger partial charge in [-0.1, -0.05) is 48.5 Å². The number of nitrogens with zero attached hydrogens (tertiary/aromatic N) is 4. The lowest BCUT2D eigenvalue weighted by Gasteiger charge is -2.39. The molecule has 3 heterocycles. The van der Waals surface area contributed by atoms with E-state index in [2.05, 4.69) is 91.8 Å². The zero-order valence-corrected chi connectivity index (χ0v) is 22.3. The third-order valence-electron chi connectivity index (χ3n) is 9.12. The number of carbonyl (C=O) groups is 1. The summed E-state index contributed by atoms with van der Waals surface area (Å²) in [6.45, 7) is 5.67. The molecule has 0 spiro atoms. The van der Waals surface area contributed by atoms with Crippen molar-refractivity contribution in [2.24, 2.45) is 0 Å². The Labute approximate surface area is 230 Å². The summed E-state index contributed by atoms with van der Waals surface area (Å²) in [6.07, 6.45) is 5.99. The van der Waals surface area contributed by atoms with E-state index in [0.29, 0.717) is 5.92 Å². The molecule has 2 saturated heterocycles. The lowest BCUT2D eigenvalue weighted by molar-refractivity contribution is -0.112. The largest absolute Gasteiger partial charge is 0.369 e. The van der Waals surface area contributed by atoms with Crippen molar-refractivity contribution >= 4 is 22.9 Å². The van der Waals surface area contributed by atoms with Gasteiger partial charge in [-0.2, -0.15) is 0 Å². The average molecular weight is 518 g/mol. The molecular formula is C33H35N5O. The monoisotopic (exact) mass is 517 g/mol. The smallest absolute Gasteiger partial charge is 0.137 e. The van der Waals surface area contributed by atoms with Gasteiger partial charge in [0, 0.05) is 49.1 Å². The maximum atomic E-state index is 12.4. The van der Waals surface area contributed by atoms with Crippen molar-refractivity contribution in [2.75, 3.05) is 44.2 Å². The van der Waals surface area contributed by atoms with Crippen LogP contribution in [0.25, 0.3) is 22.0 Å². The lowest BCUT2D eigenvalue weighted by Crippen LogP contribution is -2.51. The fraction of sp³-hybridized carbons (Fsp3) is 0.364. The maximum Gasteiger partial charge on any atom is 0.137 e. The van der Waals surface area contributed by atoms with Gasteiger partial charge in [-0.3, -0.25) is 4.90 Å². The third kappa shape index (κ3) is 4.52. The SMILES string of the molecule is O=CC(CC1c2ccccc2-c2ccccc21)N1CCN(c2ccc3c(C4CCNCC4)ncnc3c2)CC1. The second kappa shape index (κ2) is 10.5. The van der Waals surface area contributed by atoms with Gasteiger partial charge in [-0.15, -0.1) is 0 Å². The van der Waals surface area contributed by atoms with Crippen LogP contribution in [0.15, 0.2) is 73.1 Å². The second-order valence-corrected chi connectivity index (χ2v) is 11.2. The van der Waals surface area contributed by atoms with E-state index < -0.39 is 0 Å². The molecule has 1 aliphatic carbocycles. The standard InChI is InChI=1S/C33H35N5O/c39-21-25(19-31-28-7-3-1-5-26(28)27-6-2-4-8-29(27)31)38-17-15-37(16-18-38)24-9-10-30-32(20-24)35-22-36-33(30)23-11-13-34-14-12-23/h1-10,20-23,25,31,34H,11-19H2. The minimum atomic E-state index is -0.0896. The van der Waals surface area contributed by atoms with E-state index in [1.54, 1.807) is 6.33 Å². The van der Waals surface area contributed by atoms with Gasteiger partial charge in [0.2, 0.25) is 0 Å². The van der Waals surface area contributed by atoms with Crippen LogP contribution in [0, 0.1) is 0 Å². The fourth-order valence-electron chi connectivity index (χ4n) is 7.04. The van der Waals surface area contributed by atoms with E-state index in [0.717, 1.165) is 64.0 Å². The van der Waals surface area contributed by atoms with E-state index in [-0.39, 0.29) is 12.0 Å². The Bertz CT molecular complexity index is 1440. The molecule has 1 aromatic heterocycles. The summed E-state index contributed by atoms with van der Waals surface area (Å²) in [5.74, 6) is 0.769. The summed E-state index contributed by atoms with van der Waals surface area (Å²) >= 11 is 0. The highest BCUT2D eigenvalue weighted by molar-refractivity contribution is 5.85. The average Bonchev–Trinajstić information content (AvgIpc) is 3.33. The zero-order chi connectivity index (χ0) is 26.2. The minimum Gasteiger partial charge on any atom is -0.369 e. The molecule has 1 atom stereocenters. The first-order valence-corrected chi connectivity index (χ1v) is 14.4. The predicted molar refractivity (Wildman–Crippen MR) is 156 cm³/mol. The van der Waals surface area contributed by atoms with Crippen molar-refractivity contribution in [3.05, 3.63) is 89.9 Å². The Morgan fingerprint density at radius 1 is 0.872 bits per heavy atom. The summed E-state index contributed by atoms with van der Waals surface area (Å²) in [7, 11) is 0. The molecule has 39 heavy (non-hydrogen) atoms. The summed E-state index contributed by atoms with van der Waals surface area (Å²) < 4.78 is 0. The van der Waals surface area contributed by atoms with E-state index in [1.807, 2.05) is 0 Å². The highest BCUT2D eigenvalue weighted by Gasteiger charge is 2.33. The first-order valence-electron chi connectivity index (χ1n) is 14.4. The first-order chi connectivity index (χ1) is 19.3. The Balaban J connectivity index is 1.05. The van der Waals surface area contributed by atoms with Gasteiger partial charge >= 0.3 is 0 Å². The number of hydrogen-bond donors (Lipinski definition) is 1. The minimum absolute atomic E-state index is 0.0896. The zero-order valence-electron chi connectivity index (χ0n) is 22.3.